The van der Waals surface area contributed by atoms with Crippen LogP contribution in [0.5, 0.6) is 0 Å². The van der Waals surface area contributed by atoms with Gasteiger partial charge in [-0.1, -0.05) is 31.4 Å². The van der Waals surface area contributed by atoms with Gasteiger partial charge in [0.2, 0.25) is 11.8 Å². The van der Waals surface area contributed by atoms with E-state index in [0.717, 1.165) is 13.0 Å². The molecule has 1 saturated carbocycles. The first-order chi connectivity index (χ1) is 14.7. The number of nitrogens with zero attached hydrogens (tertiary/aromatic N) is 3. The van der Waals surface area contributed by atoms with Gasteiger partial charge in [-0.3, -0.25) is 9.69 Å². The minimum absolute atomic E-state index is 0.0970. The van der Waals surface area contributed by atoms with E-state index in [0.29, 0.717) is 36.5 Å². The molecule has 1 amide bonds. The van der Waals surface area contributed by atoms with Gasteiger partial charge in [-0.15, -0.1) is 10.2 Å². The number of fused-ring (bicyclic) bond motifs is 1. The van der Waals surface area contributed by atoms with E-state index in [2.05, 4.69) is 25.7 Å². The Bertz CT molecular complexity index is 897. The van der Waals surface area contributed by atoms with Crippen molar-refractivity contribution in [2.75, 3.05) is 13.1 Å². The first-order valence-corrected chi connectivity index (χ1v) is 11.0. The lowest BCUT2D eigenvalue weighted by Gasteiger charge is -2.36. The zero-order valence-corrected chi connectivity index (χ0v) is 17.0. The van der Waals surface area contributed by atoms with Crippen LogP contribution in [0, 0.1) is 5.82 Å². The Kier molecular flexibility index (Phi) is 5.52. The van der Waals surface area contributed by atoms with Crippen LogP contribution in [0.15, 0.2) is 28.7 Å². The smallest absolute Gasteiger partial charge is 0.250 e. The number of carbonyl (C=O) groups excluding carboxylic acids is 1. The van der Waals surface area contributed by atoms with Crippen molar-refractivity contribution in [3.8, 4) is 11.5 Å². The number of hydrogen-bond acceptors (Lipinski definition) is 6. The number of hydrogen-bond donors (Lipinski definition) is 2. The van der Waals surface area contributed by atoms with E-state index in [-0.39, 0.29) is 29.7 Å². The van der Waals surface area contributed by atoms with Crippen LogP contribution in [0.1, 0.15) is 44.4 Å². The van der Waals surface area contributed by atoms with Crippen LogP contribution in [-0.4, -0.2) is 58.3 Å². The first kappa shape index (κ1) is 19.6. The summed E-state index contributed by atoms with van der Waals surface area (Å²) < 4.78 is 19.8. The molecule has 2 saturated heterocycles. The molecule has 5 rings (SSSR count). The highest BCUT2D eigenvalue weighted by Gasteiger charge is 2.44. The Morgan fingerprint density at radius 2 is 2.00 bits per heavy atom. The van der Waals surface area contributed by atoms with Gasteiger partial charge < -0.3 is 15.1 Å². The van der Waals surface area contributed by atoms with Crippen LogP contribution in [0.3, 0.4) is 0 Å². The van der Waals surface area contributed by atoms with Crippen LogP contribution in [0.4, 0.5) is 4.39 Å². The number of rotatable bonds is 5. The summed E-state index contributed by atoms with van der Waals surface area (Å²) in [5.74, 6) is 0.389. The molecule has 2 aliphatic heterocycles. The van der Waals surface area contributed by atoms with Crippen molar-refractivity contribution >= 4 is 5.91 Å². The average molecular weight is 413 g/mol. The predicted octanol–water partition coefficient (Wildman–Crippen LogP) is 2.28. The van der Waals surface area contributed by atoms with E-state index in [1.165, 1.54) is 38.2 Å². The van der Waals surface area contributed by atoms with E-state index in [1.807, 2.05) is 0 Å². The van der Waals surface area contributed by atoms with Gasteiger partial charge in [-0.25, -0.2) is 4.39 Å². The topological polar surface area (TPSA) is 83.3 Å². The molecule has 0 unspecified atom stereocenters. The van der Waals surface area contributed by atoms with Gasteiger partial charge in [0.15, 0.2) is 0 Å². The Balaban J connectivity index is 1.26. The Morgan fingerprint density at radius 1 is 1.17 bits per heavy atom. The van der Waals surface area contributed by atoms with Gasteiger partial charge in [-0.05, 0) is 31.4 Å². The lowest BCUT2D eigenvalue weighted by atomic mass is 9.94. The highest BCUT2D eigenvalue weighted by molar-refractivity contribution is 5.83. The molecule has 0 spiro atoms. The Hall–Kier alpha value is -2.32. The number of nitrogens with one attached hydrogen (secondary N) is 2. The van der Waals surface area contributed by atoms with E-state index in [9.17, 15) is 9.18 Å². The molecule has 0 radical (unpaired) electrons. The normalized spacial score (nSPS) is 27.8. The molecular weight excluding hydrogens is 385 g/mol. The third-order valence-electron chi connectivity index (χ3n) is 6.68. The maximum atomic E-state index is 14.0. The number of halogens is 1. The molecule has 30 heavy (non-hydrogen) atoms. The van der Waals surface area contributed by atoms with Gasteiger partial charge >= 0.3 is 0 Å². The van der Waals surface area contributed by atoms with Gasteiger partial charge in [0.05, 0.1) is 11.6 Å². The van der Waals surface area contributed by atoms with Crippen LogP contribution in [0.25, 0.3) is 11.5 Å². The van der Waals surface area contributed by atoms with Crippen LogP contribution in [0.2, 0.25) is 0 Å². The molecule has 2 aromatic rings. The monoisotopic (exact) mass is 413 g/mol. The highest BCUT2D eigenvalue weighted by Crippen LogP contribution is 2.28. The molecular formula is C22H28FN5O2. The number of piperazine rings is 1. The second-order valence-corrected chi connectivity index (χ2v) is 8.73. The van der Waals surface area contributed by atoms with Crippen molar-refractivity contribution in [2.45, 2.75) is 69.1 Å². The fourth-order valence-electron chi connectivity index (χ4n) is 5.17. The van der Waals surface area contributed by atoms with E-state index in [1.54, 1.807) is 18.2 Å². The zero-order valence-electron chi connectivity index (χ0n) is 17.0. The third kappa shape index (κ3) is 3.98. The molecule has 0 bridgehead atoms. The molecule has 3 fully saturated rings. The summed E-state index contributed by atoms with van der Waals surface area (Å²) >= 11 is 0. The lowest BCUT2D eigenvalue weighted by Crippen LogP contribution is -2.58. The molecule has 2 N–H and O–H groups in total. The second kappa shape index (κ2) is 8.43. The minimum Gasteiger partial charge on any atom is -0.421 e. The Labute approximate surface area is 175 Å². The van der Waals surface area contributed by atoms with Crippen molar-refractivity contribution < 1.29 is 13.6 Å². The first-order valence-electron chi connectivity index (χ1n) is 11.0. The molecule has 1 aromatic heterocycles. The summed E-state index contributed by atoms with van der Waals surface area (Å²) in [5.41, 5.74) is 0.309. The molecule has 3 atom stereocenters. The zero-order chi connectivity index (χ0) is 20.5. The molecule has 7 nitrogen and oxygen atoms in total. The van der Waals surface area contributed by atoms with Gasteiger partial charge in [0.1, 0.15) is 5.82 Å². The molecule has 1 aromatic carbocycles. The average Bonchev–Trinajstić information content (AvgIpc) is 3.39. The number of benzene rings is 1. The van der Waals surface area contributed by atoms with Gasteiger partial charge in [0.25, 0.3) is 5.89 Å². The van der Waals surface area contributed by atoms with Crippen LogP contribution >= 0.6 is 0 Å². The maximum Gasteiger partial charge on any atom is 0.250 e. The fourth-order valence-corrected chi connectivity index (χ4v) is 5.17. The van der Waals surface area contributed by atoms with Crippen LogP contribution in [-0.2, 0) is 11.2 Å². The standard InChI is InChI=1S/C22H28FN5O2/c23-18-9-5-4-8-17(18)22-27-26-20(30-22)11-16-12-24-21(29)19-10-15(13-28(16)19)25-14-6-2-1-3-7-14/h4-5,8-9,14-16,19,25H,1-3,6-7,10-13H2,(H,24,29)/t15-,16+,19-/m0/s1. The number of aromatic nitrogens is 2. The summed E-state index contributed by atoms with van der Waals surface area (Å²) in [6.45, 7) is 1.41. The molecule has 1 aliphatic carbocycles. The SMILES string of the molecule is O=C1NC[C@@H](Cc2nnc(-c3ccccc3F)o2)N2C[C@@H](NC3CCCCC3)C[C@@H]12. The molecule has 160 valence electrons. The number of amides is 1. The van der Waals surface area contributed by atoms with E-state index in [4.69, 9.17) is 4.42 Å². The van der Waals surface area contributed by atoms with Crippen molar-refractivity contribution in [3.05, 3.63) is 36.0 Å². The lowest BCUT2D eigenvalue weighted by molar-refractivity contribution is -0.129. The van der Waals surface area contributed by atoms with Gasteiger partial charge in [-0.2, -0.15) is 0 Å². The van der Waals surface area contributed by atoms with Crippen molar-refractivity contribution in [1.29, 1.82) is 0 Å². The summed E-state index contributed by atoms with van der Waals surface area (Å²) in [7, 11) is 0. The van der Waals surface area contributed by atoms with Crippen LogP contribution < -0.4 is 10.6 Å². The van der Waals surface area contributed by atoms with Crippen molar-refractivity contribution in [1.82, 2.24) is 25.7 Å². The summed E-state index contributed by atoms with van der Waals surface area (Å²) in [4.78, 5) is 14.7. The minimum atomic E-state index is -0.381. The fraction of sp³-hybridized carbons (Fsp3) is 0.591. The summed E-state index contributed by atoms with van der Waals surface area (Å²) in [6.07, 6.45) is 7.76. The summed E-state index contributed by atoms with van der Waals surface area (Å²) in [5, 5.41) is 15.0. The molecule has 3 aliphatic rings. The Morgan fingerprint density at radius 3 is 2.83 bits per heavy atom. The van der Waals surface area contributed by atoms with Crippen molar-refractivity contribution in [2.24, 2.45) is 0 Å². The molecule has 3 heterocycles. The largest absolute Gasteiger partial charge is 0.421 e. The van der Waals surface area contributed by atoms with Gasteiger partial charge in [0, 0.05) is 37.6 Å². The summed E-state index contributed by atoms with van der Waals surface area (Å²) in [6, 6.07) is 7.28. The molecule has 8 heteroatoms. The predicted molar refractivity (Wildman–Crippen MR) is 109 cm³/mol. The van der Waals surface area contributed by atoms with E-state index >= 15 is 0 Å². The quantitative estimate of drug-likeness (QED) is 0.783. The van der Waals surface area contributed by atoms with E-state index < -0.39 is 0 Å². The second-order valence-electron chi connectivity index (χ2n) is 8.73. The highest BCUT2D eigenvalue weighted by atomic mass is 19.1. The number of carbonyl (C=O) groups is 1. The third-order valence-corrected chi connectivity index (χ3v) is 6.68. The maximum absolute atomic E-state index is 14.0. The van der Waals surface area contributed by atoms with Crippen molar-refractivity contribution in [3.63, 3.8) is 0 Å².